The van der Waals surface area contributed by atoms with E-state index >= 15 is 0 Å². The Morgan fingerprint density at radius 1 is 1.31 bits per heavy atom. The molecule has 1 aromatic carbocycles. The second-order valence-corrected chi connectivity index (χ2v) is 4.24. The summed E-state index contributed by atoms with van der Waals surface area (Å²) in [7, 11) is 0. The fourth-order valence-electron chi connectivity index (χ4n) is 1.60. The molecule has 0 bridgehead atoms. The van der Waals surface area contributed by atoms with E-state index in [1.165, 1.54) is 0 Å². The van der Waals surface area contributed by atoms with Crippen molar-refractivity contribution in [2.75, 3.05) is 5.32 Å². The summed E-state index contributed by atoms with van der Waals surface area (Å²) in [6.45, 7) is 4.07. The smallest absolute Gasteiger partial charge is 0.0955 e. The predicted molar refractivity (Wildman–Crippen MR) is 66.9 cm³/mol. The number of nitrogens with one attached hydrogen (secondary N) is 1. The van der Waals surface area contributed by atoms with Gasteiger partial charge in [0, 0.05) is 5.56 Å². The maximum Gasteiger partial charge on any atom is 0.0955 e. The molecular formula is C13H14ClNO. The molecule has 2 rings (SSSR count). The molecule has 0 fully saturated rings. The van der Waals surface area contributed by atoms with Crippen LogP contribution in [0.2, 0.25) is 5.02 Å². The molecule has 1 N–H and O–H groups in total. The number of halogens is 1. The summed E-state index contributed by atoms with van der Waals surface area (Å²) in [5.74, 6) is 0. The zero-order valence-electron chi connectivity index (χ0n) is 9.33. The lowest BCUT2D eigenvalue weighted by atomic mass is 10.1. The molecule has 16 heavy (non-hydrogen) atoms. The third kappa shape index (κ3) is 2.22. The average Bonchev–Trinajstić information content (AvgIpc) is 2.78. The Balaban J connectivity index is 2.18. The van der Waals surface area contributed by atoms with E-state index < -0.39 is 0 Å². The summed E-state index contributed by atoms with van der Waals surface area (Å²) in [5, 5.41) is 4.14. The molecule has 2 nitrogen and oxygen atoms in total. The van der Waals surface area contributed by atoms with E-state index in [9.17, 15) is 0 Å². The first kappa shape index (κ1) is 11.1. The van der Waals surface area contributed by atoms with E-state index in [2.05, 4.69) is 12.2 Å². The highest BCUT2D eigenvalue weighted by Gasteiger charge is 2.09. The second kappa shape index (κ2) is 4.62. The Kier molecular flexibility index (Phi) is 3.20. The molecule has 0 saturated carbocycles. The molecule has 1 heterocycles. The number of furan rings is 1. The van der Waals surface area contributed by atoms with Gasteiger partial charge in [-0.2, -0.15) is 0 Å². The zero-order valence-corrected chi connectivity index (χ0v) is 10.1. The highest BCUT2D eigenvalue weighted by Crippen LogP contribution is 2.28. The molecule has 0 aliphatic heterocycles. The molecule has 1 atom stereocenters. The van der Waals surface area contributed by atoms with Gasteiger partial charge in [-0.15, -0.1) is 0 Å². The first-order valence-corrected chi connectivity index (χ1v) is 5.60. The van der Waals surface area contributed by atoms with E-state index in [4.69, 9.17) is 16.0 Å². The normalized spacial score (nSPS) is 12.4. The Morgan fingerprint density at radius 2 is 2.12 bits per heavy atom. The summed E-state index contributed by atoms with van der Waals surface area (Å²) in [4.78, 5) is 0. The topological polar surface area (TPSA) is 25.2 Å². The fourth-order valence-corrected chi connectivity index (χ4v) is 1.78. The largest absolute Gasteiger partial charge is 0.472 e. The van der Waals surface area contributed by atoms with E-state index in [1.807, 2.05) is 31.2 Å². The molecule has 1 unspecified atom stereocenters. The lowest BCUT2D eigenvalue weighted by Crippen LogP contribution is -2.06. The molecule has 0 amide bonds. The van der Waals surface area contributed by atoms with Crippen molar-refractivity contribution in [3.05, 3.63) is 52.9 Å². The molecular weight excluding hydrogens is 222 g/mol. The second-order valence-electron chi connectivity index (χ2n) is 3.86. The van der Waals surface area contributed by atoms with Gasteiger partial charge in [0.15, 0.2) is 0 Å². The molecule has 2 aromatic rings. The Bertz CT molecular complexity index is 465. The monoisotopic (exact) mass is 235 g/mol. The number of benzene rings is 1. The highest BCUT2D eigenvalue weighted by molar-refractivity contribution is 6.34. The van der Waals surface area contributed by atoms with Crippen LogP contribution in [0.3, 0.4) is 0 Å². The molecule has 3 heteroatoms. The quantitative estimate of drug-likeness (QED) is 0.852. The highest BCUT2D eigenvalue weighted by atomic mass is 35.5. The van der Waals surface area contributed by atoms with Crippen LogP contribution in [0.15, 0.2) is 41.2 Å². The lowest BCUT2D eigenvalue weighted by Gasteiger charge is -2.15. The summed E-state index contributed by atoms with van der Waals surface area (Å²) < 4.78 is 5.05. The van der Waals surface area contributed by atoms with Crippen LogP contribution in [0.4, 0.5) is 5.69 Å². The number of aryl methyl sites for hydroxylation is 1. The molecule has 0 saturated heterocycles. The van der Waals surface area contributed by atoms with Crippen molar-refractivity contribution in [2.45, 2.75) is 19.9 Å². The minimum Gasteiger partial charge on any atom is -0.472 e. The van der Waals surface area contributed by atoms with Crippen molar-refractivity contribution in [3.8, 4) is 0 Å². The van der Waals surface area contributed by atoms with Crippen LogP contribution in [0.1, 0.15) is 24.1 Å². The molecule has 84 valence electrons. The van der Waals surface area contributed by atoms with Crippen LogP contribution in [0, 0.1) is 6.92 Å². The standard InChI is InChI=1S/C13H14ClNO/c1-9-4-3-5-12(13(9)14)15-10(2)11-6-7-16-8-11/h3-8,10,15H,1-2H3. The van der Waals surface area contributed by atoms with Gasteiger partial charge in [0.1, 0.15) is 0 Å². The van der Waals surface area contributed by atoms with Crippen LogP contribution in [0.25, 0.3) is 0 Å². The van der Waals surface area contributed by atoms with Gasteiger partial charge in [0.05, 0.1) is 29.3 Å². The van der Waals surface area contributed by atoms with Gasteiger partial charge in [-0.25, -0.2) is 0 Å². The van der Waals surface area contributed by atoms with Crippen LogP contribution >= 0.6 is 11.6 Å². The average molecular weight is 236 g/mol. The van der Waals surface area contributed by atoms with Crippen LogP contribution in [-0.4, -0.2) is 0 Å². The fraction of sp³-hybridized carbons (Fsp3) is 0.231. The first-order valence-electron chi connectivity index (χ1n) is 5.22. The summed E-state index contributed by atoms with van der Waals surface area (Å²) >= 11 is 6.21. The van der Waals surface area contributed by atoms with E-state index in [0.29, 0.717) is 0 Å². The van der Waals surface area contributed by atoms with Gasteiger partial charge >= 0.3 is 0 Å². The maximum absolute atomic E-state index is 6.21. The van der Waals surface area contributed by atoms with E-state index in [0.717, 1.165) is 21.8 Å². The third-order valence-corrected chi connectivity index (χ3v) is 3.11. The van der Waals surface area contributed by atoms with Gasteiger partial charge in [0.25, 0.3) is 0 Å². The molecule has 0 aliphatic rings. The molecule has 0 aliphatic carbocycles. The number of rotatable bonds is 3. The van der Waals surface area contributed by atoms with Crippen LogP contribution in [-0.2, 0) is 0 Å². The van der Waals surface area contributed by atoms with Crippen molar-refractivity contribution >= 4 is 17.3 Å². The third-order valence-electron chi connectivity index (χ3n) is 2.61. The lowest BCUT2D eigenvalue weighted by molar-refractivity contribution is 0.562. The summed E-state index contributed by atoms with van der Waals surface area (Å²) in [6.07, 6.45) is 3.41. The minimum atomic E-state index is 0.179. The van der Waals surface area contributed by atoms with Crippen LogP contribution < -0.4 is 5.32 Å². The summed E-state index contributed by atoms with van der Waals surface area (Å²) in [5.41, 5.74) is 3.14. The minimum absolute atomic E-state index is 0.179. The van der Waals surface area contributed by atoms with Crippen molar-refractivity contribution in [1.29, 1.82) is 0 Å². The molecule has 0 radical (unpaired) electrons. The Morgan fingerprint density at radius 3 is 2.81 bits per heavy atom. The predicted octanol–water partition coefficient (Wildman–Crippen LogP) is 4.41. The van der Waals surface area contributed by atoms with Gasteiger partial charge in [-0.05, 0) is 31.5 Å². The number of hydrogen-bond acceptors (Lipinski definition) is 2. The van der Waals surface area contributed by atoms with Crippen molar-refractivity contribution < 1.29 is 4.42 Å². The first-order chi connectivity index (χ1) is 7.68. The number of hydrogen-bond donors (Lipinski definition) is 1. The van der Waals surface area contributed by atoms with Gasteiger partial charge < -0.3 is 9.73 Å². The maximum atomic E-state index is 6.21. The van der Waals surface area contributed by atoms with Gasteiger partial charge in [-0.1, -0.05) is 23.7 Å². The molecule has 1 aromatic heterocycles. The van der Waals surface area contributed by atoms with Crippen molar-refractivity contribution in [3.63, 3.8) is 0 Å². The van der Waals surface area contributed by atoms with Crippen LogP contribution in [0.5, 0.6) is 0 Å². The zero-order chi connectivity index (χ0) is 11.5. The van der Waals surface area contributed by atoms with Crippen molar-refractivity contribution in [2.24, 2.45) is 0 Å². The Labute approximate surface area is 100 Å². The van der Waals surface area contributed by atoms with E-state index in [-0.39, 0.29) is 6.04 Å². The Hall–Kier alpha value is -1.41. The van der Waals surface area contributed by atoms with Crippen molar-refractivity contribution in [1.82, 2.24) is 0 Å². The van der Waals surface area contributed by atoms with Gasteiger partial charge in [0.2, 0.25) is 0 Å². The number of anilines is 1. The van der Waals surface area contributed by atoms with E-state index in [1.54, 1.807) is 12.5 Å². The molecule has 0 spiro atoms. The van der Waals surface area contributed by atoms with Gasteiger partial charge in [-0.3, -0.25) is 0 Å². The SMILES string of the molecule is Cc1cccc(NC(C)c2ccoc2)c1Cl. The summed E-state index contributed by atoms with van der Waals surface area (Å²) in [6, 6.07) is 8.09.